The molecule has 1 aliphatic rings. The molecule has 13 heavy (non-hydrogen) atoms. The van der Waals surface area contributed by atoms with Gasteiger partial charge in [-0.2, -0.15) is 0 Å². The van der Waals surface area contributed by atoms with Gasteiger partial charge in [-0.15, -0.1) is 5.06 Å². The summed E-state index contributed by atoms with van der Waals surface area (Å²) in [5.41, 5.74) is 5.02. The number of hydrogen-bond donors (Lipinski definition) is 1. The largest absolute Gasteiger partial charge is 0.367 e. The van der Waals surface area contributed by atoms with Crippen molar-refractivity contribution in [2.75, 3.05) is 19.6 Å². The van der Waals surface area contributed by atoms with Crippen LogP contribution in [0, 0.1) is 11.3 Å². The second kappa shape index (κ2) is 3.64. The average Bonchev–Trinajstić information content (AvgIpc) is 1.93. The quantitative estimate of drug-likeness (QED) is 0.677. The van der Waals surface area contributed by atoms with E-state index in [-0.39, 0.29) is 5.97 Å². The van der Waals surface area contributed by atoms with Crippen LogP contribution >= 0.6 is 0 Å². The Morgan fingerprint density at radius 3 is 2.46 bits per heavy atom. The Morgan fingerprint density at radius 1 is 1.54 bits per heavy atom. The number of hydroxylamine groups is 2. The molecule has 0 aromatic carbocycles. The van der Waals surface area contributed by atoms with Crippen LogP contribution in [0.5, 0.6) is 0 Å². The Labute approximate surface area is 79.0 Å². The predicted octanol–water partition coefficient (Wildman–Crippen LogP) is 0.381. The van der Waals surface area contributed by atoms with Gasteiger partial charge in [0.15, 0.2) is 0 Å². The molecule has 0 aromatic heterocycles. The molecule has 4 heteroatoms. The minimum Gasteiger partial charge on any atom is -0.367 e. The molecule has 0 bridgehead atoms. The van der Waals surface area contributed by atoms with Crippen molar-refractivity contribution in [2.24, 2.45) is 17.1 Å². The summed E-state index contributed by atoms with van der Waals surface area (Å²) < 4.78 is 0. The normalized spacial score (nSPS) is 19.7. The Hall–Kier alpha value is -0.610. The van der Waals surface area contributed by atoms with E-state index >= 15 is 0 Å². The van der Waals surface area contributed by atoms with Crippen LogP contribution in [0.4, 0.5) is 0 Å². The van der Waals surface area contributed by atoms with Gasteiger partial charge in [0.2, 0.25) is 0 Å². The first-order chi connectivity index (χ1) is 5.93. The van der Waals surface area contributed by atoms with Crippen molar-refractivity contribution in [3.8, 4) is 0 Å². The zero-order chi connectivity index (χ0) is 10.1. The molecule has 0 aliphatic carbocycles. The summed E-state index contributed by atoms with van der Waals surface area (Å²) in [5, 5.41) is 1.67. The third-order valence-electron chi connectivity index (χ3n) is 2.08. The lowest BCUT2D eigenvalue weighted by Gasteiger charge is -2.37. The molecule has 1 heterocycles. The van der Waals surface area contributed by atoms with Gasteiger partial charge in [-0.3, -0.25) is 0 Å². The zero-order valence-corrected chi connectivity index (χ0v) is 8.54. The molecule has 1 saturated heterocycles. The fourth-order valence-corrected chi connectivity index (χ4v) is 1.00. The monoisotopic (exact) mass is 186 g/mol. The van der Waals surface area contributed by atoms with E-state index in [9.17, 15) is 4.79 Å². The molecule has 0 atom stereocenters. The number of nitrogens with zero attached hydrogens (tertiary/aromatic N) is 1. The predicted molar refractivity (Wildman–Crippen MR) is 49.7 cm³/mol. The maximum atomic E-state index is 11.4. The van der Waals surface area contributed by atoms with Gasteiger partial charge in [-0.1, -0.05) is 0 Å². The summed E-state index contributed by atoms with van der Waals surface area (Å²) in [6.07, 6.45) is 0. The lowest BCUT2D eigenvalue weighted by Crippen LogP contribution is -2.51. The first-order valence-corrected chi connectivity index (χ1v) is 4.61. The van der Waals surface area contributed by atoms with Crippen LogP contribution < -0.4 is 5.73 Å². The van der Waals surface area contributed by atoms with Gasteiger partial charge in [0.1, 0.15) is 0 Å². The highest BCUT2D eigenvalue weighted by molar-refractivity contribution is 5.75. The molecule has 0 amide bonds. The molecular formula is C9H18N2O2. The third-order valence-corrected chi connectivity index (χ3v) is 2.08. The number of rotatable bonds is 2. The fraction of sp³-hybridized carbons (Fsp3) is 0.889. The van der Waals surface area contributed by atoms with Gasteiger partial charge in [0.05, 0.1) is 5.41 Å². The van der Waals surface area contributed by atoms with Gasteiger partial charge in [-0.05, 0) is 27.3 Å². The minimum atomic E-state index is -0.423. The summed E-state index contributed by atoms with van der Waals surface area (Å²) in [6.45, 7) is 7.75. The molecule has 2 N–H and O–H groups in total. The molecule has 1 fully saturated rings. The lowest BCUT2D eigenvalue weighted by atomic mass is 9.97. The Morgan fingerprint density at radius 2 is 2.08 bits per heavy atom. The highest BCUT2D eigenvalue weighted by atomic mass is 16.7. The first-order valence-electron chi connectivity index (χ1n) is 4.61. The highest BCUT2D eigenvalue weighted by Crippen LogP contribution is 2.20. The van der Waals surface area contributed by atoms with E-state index in [0.29, 0.717) is 12.5 Å². The highest BCUT2D eigenvalue weighted by Gasteiger charge is 2.32. The van der Waals surface area contributed by atoms with Crippen molar-refractivity contribution in [1.29, 1.82) is 0 Å². The Kier molecular flexibility index (Phi) is 2.93. The fourth-order valence-electron chi connectivity index (χ4n) is 1.00. The van der Waals surface area contributed by atoms with Crippen LogP contribution in [0.1, 0.15) is 20.8 Å². The van der Waals surface area contributed by atoms with E-state index in [4.69, 9.17) is 10.6 Å². The summed E-state index contributed by atoms with van der Waals surface area (Å²) >= 11 is 0. The molecule has 0 aromatic rings. The van der Waals surface area contributed by atoms with Crippen molar-refractivity contribution in [1.82, 2.24) is 5.06 Å². The molecule has 76 valence electrons. The molecule has 0 radical (unpaired) electrons. The summed E-state index contributed by atoms with van der Waals surface area (Å²) in [5.74, 6) is 0.315. The second-order valence-electron chi connectivity index (χ2n) is 4.58. The van der Waals surface area contributed by atoms with E-state index in [1.54, 1.807) is 5.06 Å². The number of carbonyl (C=O) groups excluding carboxylic acids is 1. The van der Waals surface area contributed by atoms with E-state index < -0.39 is 5.41 Å². The standard InChI is InChI=1S/C9H18N2O2/c1-9(2,3)8(12)13-11-5-7(4-10)6-11/h7H,4-6,10H2,1-3H3. The van der Waals surface area contributed by atoms with E-state index in [2.05, 4.69) is 0 Å². The van der Waals surface area contributed by atoms with Crippen molar-refractivity contribution >= 4 is 5.97 Å². The molecule has 1 rings (SSSR count). The van der Waals surface area contributed by atoms with Gasteiger partial charge in [-0.25, -0.2) is 4.79 Å². The zero-order valence-electron chi connectivity index (χ0n) is 8.54. The van der Waals surface area contributed by atoms with Crippen LogP contribution in [-0.2, 0) is 9.63 Å². The second-order valence-corrected chi connectivity index (χ2v) is 4.58. The maximum absolute atomic E-state index is 11.4. The van der Waals surface area contributed by atoms with Gasteiger partial charge in [0, 0.05) is 19.0 Å². The van der Waals surface area contributed by atoms with Crippen LogP contribution in [0.25, 0.3) is 0 Å². The van der Waals surface area contributed by atoms with E-state index in [1.807, 2.05) is 20.8 Å². The van der Waals surface area contributed by atoms with Crippen LogP contribution in [-0.4, -0.2) is 30.7 Å². The van der Waals surface area contributed by atoms with Crippen LogP contribution in [0.15, 0.2) is 0 Å². The third kappa shape index (κ3) is 2.67. The maximum Gasteiger partial charge on any atom is 0.330 e. The average molecular weight is 186 g/mol. The summed E-state index contributed by atoms with van der Waals surface area (Å²) in [7, 11) is 0. The van der Waals surface area contributed by atoms with Crippen molar-refractivity contribution < 1.29 is 9.63 Å². The Balaban J connectivity index is 2.25. The number of hydrogen-bond acceptors (Lipinski definition) is 4. The van der Waals surface area contributed by atoms with Crippen molar-refractivity contribution in [2.45, 2.75) is 20.8 Å². The lowest BCUT2D eigenvalue weighted by molar-refractivity contribution is -0.227. The molecule has 0 spiro atoms. The summed E-state index contributed by atoms with van der Waals surface area (Å²) in [4.78, 5) is 16.5. The van der Waals surface area contributed by atoms with Crippen LogP contribution in [0.3, 0.4) is 0 Å². The molecular weight excluding hydrogens is 168 g/mol. The van der Waals surface area contributed by atoms with E-state index in [0.717, 1.165) is 13.1 Å². The SMILES string of the molecule is CC(C)(C)C(=O)ON1CC(CN)C1. The minimum absolute atomic E-state index is 0.178. The first kappa shape index (κ1) is 10.5. The smallest absolute Gasteiger partial charge is 0.330 e. The van der Waals surface area contributed by atoms with E-state index in [1.165, 1.54) is 0 Å². The molecule has 0 unspecified atom stereocenters. The van der Waals surface area contributed by atoms with Crippen molar-refractivity contribution in [3.05, 3.63) is 0 Å². The number of carbonyl (C=O) groups is 1. The number of nitrogens with two attached hydrogens (primary N) is 1. The van der Waals surface area contributed by atoms with Gasteiger partial charge in [0.25, 0.3) is 0 Å². The van der Waals surface area contributed by atoms with Crippen molar-refractivity contribution in [3.63, 3.8) is 0 Å². The topological polar surface area (TPSA) is 55.6 Å². The molecule has 4 nitrogen and oxygen atoms in total. The molecule has 0 saturated carbocycles. The van der Waals surface area contributed by atoms with Crippen LogP contribution in [0.2, 0.25) is 0 Å². The molecule has 1 aliphatic heterocycles. The van der Waals surface area contributed by atoms with Gasteiger partial charge < -0.3 is 10.6 Å². The Bertz CT molecular complexity index is 192. The summed E-state index contributed by atoms with van der Waals surface area (Å²) in [6, 6.07) is 0. The van der Waals surface area contributed by atoms with Gasteiger partial charge >= 0.3 is 5.97 Å².